The molecule has 0 atom stereocenters. The first-order valence-electron chi connectivity index (χ1n) is 6.10. The van der Waals surface area contributed by atoms with Crippen molar-refractivity contribution in [3.63, 3.8) is 0 Å². The molecule has 0 aromatic heterocycles. The van der Waals surface area contributed by atoms with Gasteiger partial charge >= 0.3 is 6.18 Å². The zero-order chi connectivity index (χ0) is 15.0. The summed E-state index contributed by atoms with van der Waals surface area (Å²) < 4.78 is 42.0. The maximum Gasteiger partial charge on any atom is 0.416 e. The average Bonchev–Trinajstić information content (AvgIpc) is 2.41. The highest BCUT2D eigenvalue weighted by Gasteiger charge is 2.29. The zero-order valence-corrected chi connectivity index (χ0v) is 11.9. The molecular formula is C13H17F3N2OS. The number of halogens is 3. The molecule has 0 heterocycles. The average molecular weight is 306 g/mol. The number of thiocarbonyl (C=S) groups is 1. The van der Waals surface area contributed by atoms with Crippen LogP contribution in [-0.2, 0) is 17.5 Å². The summed E-state index contributed by atoms with van der Waals surface area (Å²) >= 11 is 5.04. The van der Waals surface area contributed by atoms with Crippen molar-refractivity contribution in [1.82, 2.24) is 10.6 Å². The van der Waals surface area contributed by atoms with Crippen LogP contribution in [-0.4, -0.2) is 25.4 Å². The number of methoxy groups -OCH3 is 1. The molecule has 0 aliphatic rings. The van der Waals surface area contributed by atoms with E-state index in [9.17, 15) is 13.2 Å². The van der Waals surface area contributed by atoms with Crippen LogP contribution in [0, 0.1) is 0 Å². The van der Waals surface area contributed by atoms with Gasteiger partial charge in [0.05, 0.1) is 5.56 Å². The Labute approximate surface area is 121 Å². The van der Waals surface area contributed by atoms with E-state index in [0.29, 0.717) is 24.8 Å². The second kappa shape index (κ2) is 8.06. The van der Waals surface area contributed by atoms with Crippen LogP contribution in [0.2, 0.25) is 0 Å². The highest BCUT2D eigenvalue weighted by atomic mass is 32.1. The van der Waals surface area contributed by atoms with Crippen molar-refractivity contribution in [1.29, 1.82) is 0 Å². The Balaban J connectivity index is 2.33. The van der Waals surface area contributed by atoms with Gasteiger partial charge in [-0.3, -0.25) is 0 Å². The molecule has 1 rings (SSSR count). The number of alkyl halides is 3. The van der Waals surface area contributed by atoms with Crippen LogP contribution in [0.3, 0.4) is 0 Å². The predicted molar refractivity (Wildman–Crippen MR) is 75.4 cm³/mol. The molecule has 0 radical (unpaired) electrons. The van der Waals surface area contributed by atoms with Crippen LogP contribution in [0.1, 0.15) is 17.5 Å². The standard InChI is InChI=1S/C13H17F3N2OS/c1-19-8-2-7-17-12(20)18-9-10-3-5-11(6-4-10)13(14,15)16/h3-6H,2,7-9H2,1H3,(H2,17,18,20). The minimum atomic E-state index is -4.30. The highest BCUT2D eigenvalue weighted by Crippen LogP contribution is 2.28. The largest absolute Gasteiger partial charge is 0.416 e. The highest BCUT2D eigenvalue weighted by molar-refractivity contribution is 7.80. The maximum absolute atomic E-state index is 12.4. The van der Waals surface area contributed by atoms with Crippen molar-refractivity contribution in [3.8, 4) is 0 Å². The van der Waals surface area contributed by atoms with Crippen molar-refractivity contribution >= 4 is 17.3 Å². The van der Waals surface area contributed by atoms with Gasteiger partial charge in [0.25, 0.3) is 0 Å². The van der Waals surface area contributed by atoms with Gasteiger partial charge in [-0.1, -0.05) is 12.1 Å². The molecule has 0 amide bonds. The monoisotopic (exact) mass is 306 g/mol. The fourth-order valence-electron chi connectivity index (χ4n) is 1.47. The van der Waals surface area contributed by atoms with Gasteiger partial charge < -0.3 is 15.4 Å². The minimum absolute atomic E-state index is 0.383. The lowest BCUT2D eigenvalue weighted by molar-refractivity contribution is -0.137. The fraction of sp³-hybridized carbons (Fsp3) is 0.462. The van der Waals surface area contributed by atoms with Gasteiger partial charge in [-0.25, -0.2) is 0 Å². The van der Waals surface area contributed by atoms with Gasteiger partial charge in [0.15, 0.2) is 5.11 Å². The molecule has 2 N–H and O–H groups in total. The number of nitrogens with one attached hydrogen (secondary N) is 2. The molecule has 0 fully saturated rings. The molecule has 0 aliphatic carbocycles. The first kappa shape index (κ1) is 16.7. The number of hydrogen-bond donors (Lipinski definition) is 2. The van der Waals surface area contributed by atoms with Gasteiger partial charge in [-0.2, -0.15) is 13.2 Å². The Morgan fingerprint density at radius 1 is 1.20 bits per heavy atom. The first-order valence-corrected chi connectivity index (χ1v) is 6.51. The molecule has 3 nitrogen and oxygen atoms in total. The van der Waals surface area contributed by atoms with E-state index in [1.54, 1.807) is 7.11 Å². The summed E-state index contributed by atoms with van der Waals surface area (Å²) in [5, 5.41) is 6.39. The summed E-state index contributed by atoms with van der Waals surface area (Å²) in [6.45, 7) is 1.72. The summed E-state index contributed by atoms with van der Waals surface area (Å²) in [6, 6.07) is 4.99. The van der Waals surface area contributed by atoms with E-state index in [1.807, 2.05) is 0 Å². The van der Waals surface area contributed by atoms with Crippen molar-refractivity contribution in [3.05, 3.63) is 35.4 Å². The smallest absolute Gasteiger partial charge is 0.385 e. The van der Waals surface area contributed by atoms with Gasteiger partial charge in [0.2, 0.25) is 0 Å². The van der Waals surface area contributed by atoms with Crippen molar-refractivity contribution in [2.75, 3.05) is 20.3 Å². The third-order valence-electron chi connectivity index (χ3n) is 2.55. The Hall–Kier alpha value is -1.34. The summed E-state index contributed by atoms with van der Waals surface area (Å²) in [7, 11) is 1.63. The fourth-order valence-corrected chi connectivity index (χ4v) is 1.65. The Morgan fingerprint density at radius 2 is 1.85 bits per heavy atom. The lowest BCUT2D eigenvalue weighted by Crippen LogP contribution is -2.35. The molecule has 20 heavy (non-hydrogen) atoms. The number of hydrogen-bond acceptors (Lipinski definition) is 2. The molecule has 1 aromatic rings. The Morgan fingerprint density at radius 3 is 2.40 bits per heavy atom. The third kappa shape index (κ3) is 6.21. The summed E-state index contributed by atoms with van der Waals surface area (Å²) in [5.41, 5.74) is 0.0839. The number of rotatable bonds is 6. The van der Waals surface area contributed by atoms with E-state index in [0.717, 1.165) is 24.1 Å². The second-order valence-electron chi connectivity index (χ2n) is 4.15. The Kier molecular flexibility index (Phi) is 6.74. The summed E-state index contributed by atoms with van der Waals surface area (Å²) in [5.74, 6) is 0. The molecule has 0 saturated carbocycles. The van der Waals surface area contributed by atoms with Gasteiger partial charge in [-0.05, 0) is 36.3 Å². The van der Waals surface area contributed by atoms with Crippen LogP contribution >= 0.6 is 12.2 Å². The predicted octanol–water partition coefficient (Wildman–Crippen LogP) is 2.71. The van der Waals surface area contributed by atoms with Crippen molar-refractivity contribution in [2.45, 2.75) is 19.1 Å². The van der Waals surface area contributed by atoms with Crippen LogP contribution in [0.25, 0.3) is 0 Å². The molecule has 112 valence electrons. The van der Waals surface area contributed by atoms with Crippen LogP contribution in [0.15, 0.2) is 24.3 Å². The van der Waals surface area contributed by atoms with Crippen LogP contribution in [0.4, 0.5) is 13.2 Å². The summed E-state index contributed by atoms with van der Waals surface area (Å²) in [6.07, 6.45) is -3.47. The Bertz CT molecular complexity index is 421. The van der Waals surface area contributed by atoms with Gasteiger partial charge in [-0.15, -0.1) is 0 Å². The van der Waals surface area contributed by atoms with E-state index in [2.05, 4.69) is 10.6 Å². The molecule has 0 unspecified atom stereocenters. The van der Waals surface area contributed by atoms with Crippen LogP contribution in [0.5, 0.6) is 0 Å². The molecule has 1 aromatic carbocycles. The lowest BCUT2D eigenvalue weighted by Gasteiger charge is -2.11. The van der Waals surface area contributed by atoms with E-state index < -0.39 is 11.7 Å². The van der Waals surface area contributed by atoms with E-state index in [4.69, 9.17) is 17.0 Å². The molecule has 0 aliphatic heterocycles. The molecule has 7 heteroatoms. The molecule has 0 bridgehead atoms. The number of ether oxygens (including phenoxy) is 1. The van der Waals surface area contributed by atoms with Crippen molar-refractivity contribution < 1.29 is 17.9 Å². The van der Waals surface area contributed by atoms with E-state index in [-0.39, 0.29) is 0 Å². The van der Waals surface area contributed by atoms with E-state index in [1.165, 1.54) is 12.1 Å². The normalized spacial score (nSPS) is 11.2. The molecule has 0 spiro atoms. The van der Waals surface area contributed by atoms with Crippen molar-refractivity contribution in [2.24, 2.45) is 0 Å². The number of benzene rings is 1. The van der Waals surface area contributed by atoms with Gasteiger partial charge in [0, 0.05) is 26.8 Å². The topological polar surface area (TPSA) is 33.3 Å². The SMILES string of the molecule is COCCCNC(=S)NCc1ccc(C(F)(F)F)cc1. The molecular weight excluding hydrogens is 289 g/mol. The minimum Gasteiger partial charge on any atom is -0.385 e. The van der Waals surface area contributed by atoms with E-state index >= 15 is 0 Å². The second-order valence-corrected chi connectivity index (χ2v) is 4.56. The lowest BCUT2D eigenvalue weighted by atomic mass is 10.1. The molecule has 0 saturated heterocycles. The maximum atomic E-state index is 12.4. The zero-order valence-electron chi connectivity index (χ0n) is 11.1. The summed E-state index contributed by atoms with van der Waals surface area (Å²) in [4.78, 5) is 0. The van der Waals surface area contributed by atoms with Gasteiger partial charge in [0.1, 0.15) is 0 Å². The van der Waals surface area contributed by atoms with Crippen LogP contribution < -0.4 is 10.6 Å². The first-order chi connectivity index (χ1) is 9.43. The quantitative estimate of drug-likeness (QED) is 0.625. The third-order valence-corrected chi connectivity index (χ3v) is 2.83.